The number of nitrogens with zero attached hydrogens (tertiary/aromatic N) is 2. The summed E-state index contributed by atoms with van der Waals surface area (Å²) < 4.78 is 2.13. The van der Waals surface area contributed by atoms with Crippen molar-refractivity contribution >= 4 is 16.7 Å². The number of aromatic nitrogens is 2. The number of rotatable bonds is 7. The van der Waals surface area contributed by atoms with Crippen LogP contribution in [-0.2, 0) is 24.2 Å². The van der Waals surface area contributed by atoms with Crippen LogP contribution in [0.3, 0.4) is 0 Å². The molecular weight excluding hydrogens is 346 g/mol. The third kappa shape index (κ3) is 4.29. The second-order valence-corrected chi connectivity index (χ2v) is 6.87. The van der Waals surface area contributed by atoms with E-state index in [1.807, 2.05) is 54.9 Å². The lowest BCUT2D eigenvalue weighted by Gasteiger charge is -2.10. The summed E-state index contributed by atoms with van der Waals surface area (Å²) in [6.45, 7) is 1.37. The van der Waals surface area contributed by atoms with Crippen molar-refractivity contribution in [3.63, 3.8) is 0 Å². The normalized spacial score (nSPS) is 10.9. The van der Waals surface area contributed by atoms with Gasteiger partial charge in [0.05, 0.1) is 6.42 Å². The average molecular weight is 369 g/mol. The SMILES string of the molecule is O=C(Cc1cccc2ccccc12)NCCc1nccn1Cc1ccccc1. The Bertz CT molecular complexity index is 1060. The Morgan fingerprint density at radius 2 is 1.71 bits per heavy atom. The van der Waals surface area contributed by atoms with Gasteiger partial charge in [0.2, 0.25) is 5.91 Å². The van der Waals surface area contributed by atoms with Gasteiger partial charge in [-0.2, -0.15) is 0 Å². The summed E-state index contributed by atoms with van der Waals surface area (Å²) in [7, 11) is 0. The molecule has 0 aliphatic carbocycles. The average Bonchev–Trinajstić information content (AvgIpc) is 3.16. The highest BCUT2D eigenvalue weighted by molar-refractivity contribution is 5.90. The van der Waals surface area contributed by atoms with Gasteiger partial charge in [-0.05, 0) is 21.9 Å². The minimum atomic E-state index is 0.0394. The van der Waals surface area contributed by atoms with E-state index in [1.165, 1.54) is 5.56 Å². The minimum Gasteiger partial charge on any atom is -0.355 e. The Balaban J connectivity index is 1.33. The van der Waals surface area contributed by atoms with Crippen LogP contribution in [-0.4, -0.2) is 22.0 Å². The Hall–Kier alpha value is -3.40. The van der Waals surface area contributed by atoms with Gasteiger partial charge in [-0.15, -0.1) is 0 Å². The first-order valence-electron chi connectivity index (χ1n) is 9.57. The van der Waals surface area contributed by atoms with Gasteiger partial charge in [-0.25, -0.2) is 4.98 Å². The van der Waals surface area contributed by atoms with Crippen LogP contribution >= 0.6 is 0 Å². The molecule has 1 aromatic heterocycles. The summed E-state index contributed by atoms with van der Waals surface area (Å²) >= 11 is 0. The summed E-state index contributed by atoms with van der Waals surface area (Å²) in [6.07, 6.45) is 4.90. The zero-order valence-corrected chi connectivity index (χ0v) is 15.7. The van der Waals surface area contributed by atoms with Crippen molar-refractivity contribution in [2.75, 3.05) is 6.54 Å². The van der Waals surface area contributed by atoms with Gasteiger partial charge in [-0.1, -0.05) is 72.8 Å². The fourth-order valence-electron chi connectivity index (χ4n) is 3.49. The summed E-state index contributed by atoms with van der Waals surface area (Å²) in [5.74, 6) is 1.02. The number of carbonyl (C=O) groups excluding carboxylic acids is 1. The van der Waals surface area contributed by atoms with E-state index in [0.717, 1.165) is 28.7 Å². The second-order valence-electron chi connectivity index (χ2n) is 6.87. The molecular formula is C24H23N3O. The topological polar surface area (TPSA) is 46.9 Å². The van der Waals surface area contributed by atoms with Crippen molar-refractivity contribution in [1.82, 2.24) is 14.9 Å². The number of carbonyl (C=O) groups is 1. The smallest absolute Gasteiger partial charge is 0.224 e. The van der Waals surface area contributed by atoms with Crippen molar-refractivity contribution in [3.05, 3.63) is 102 Å². The van der Waals surface area contributed by atoms with E-state index in [2.05, 4.69) is 45.2 Å². The molecule has 0 atom stereocenters. The van der Waals surface area contributed by atoms with Gasteiger partial charge in [0, 0.05) is 31.9 Å². The van der Waals surface area contributed by atoms with Crippen LogP contribution in [0.4, 0.5) is 0 Å². The molecule has 0 bridgehead atoms. The van der Waals surface area contributed by atoms with Crippen molar-refractivity contribution in [3.8, 4) is 0 Å². The molecule has 4 aromatic rings. The molecule has 0 aliphatic rings. The maximum absolute atomic E-state index is 12.4. The molecule has 28 heavy (non-hydrogen) atoms. The fraction of sp³-hybridized carbons (Fsp3) is 0.167. The molecule has 140 valence electrons. The second kappa shape index (κ2) is 8.53. The van der Waals surface area contributed by atoms with Crippen molar-refractivity contribution in [2.45, 2.75) is 19.4 Å². The first kappa shape index (κ1) is 18.0. The van der Waals surface area contributed by atoms with Crippen LogP contribution in [0.2, 0.25) is 0 Å². The summed E-state index contributed by atoms with van der Waals surface area (Å²) in [6, 6.07) is 24.6. The molecule has 4 nitrogen and oxygen atoms in total. The molecule has 0 radical (unpaired) electrons. The molecule has 0 aliphatic heterocycles. The molecule has 4 heteroatoms. The Morgan fingerprint density at radius 1 is 0.929 bits per heavy atom. The molecule has 0 fully saturated rings. The molecule has 3 aromatic carbocycles. The summed E-state index contributed by atoms with van der Waals surface area (Å²) in [4.78, 5) is 16.9. The monoisotopic (exact) mass is 369 g/mol. The molecule has 0 spiro atoms. The van der Waals surface area contributed by atoms with Gasteiger partial charge in [0.1, 0.15) is 5.82 Å². The zero-order chi connectivity index (χ0) is 19.2. The fourth-order valence-corrected chi connectivity index (χ4v) is 3.49. The van der Waals surface area contributed by atoms with Crippen molar-refractivity contribution < 1.29 is 4.79 Å². The lowest BCUT2D eigenvalue weighted by atomic mass is 10.0. The first-order valence-corrected chi connectivity index (χ1v) is 9.57. The van der Waals surface area contributed by atoms with E-state index in [4.69, 9.17) is 0 Å². The molecule has 0 unspecified atom stereocenters. The van der Waals surface area contributed by atoms with Gasteiger partial charge in [0.15, 0.2) is 0 Å². The lowest BCUT2D eigenvalue weighted by Crippen LogP contribution is -2.28. The predicted molar refractivity (Wildman–Crippen MR) is 112 cm³/mol. The highest BCUT2D eigenvalue weighted by Crippen LogP contribution is 2.18. The lowest BCUT2D eigenvalue weighted by molar-refractivity contribution is -0.120. The number of benzene rings is 3. The largest absolute Gasteiger partial charge is 0.355 e. The van der Waals surface area contributed by atoms with Crippen LogP contribution in [0.15, 0.2) is 85.2 Å². The number of hydrogen-bond donors (Lipinski definition) is 1. The van der Waals surface area contributed by atoms with Crippen molar-refractivity contribution in [2.24, 2.45) is 0 Å². The van der Waals surface area contributed by atoms with Gasteiger partial charge < -0.3 is 9.88 Å². The number of imidazole rings is 1. The van der Waals surface area contributed by atoms with E-state index in [9.17, 15) is 4.79 Å². The number of nitrogens with one attached hydrogen (secondary N) is 1. The standard InChI is InChI=1S/C24H23N3O/c28-24(17-21-11-6-10-20-9-4-5-12-22(20)21)26-14-13-23-25-15-16-27(23)18-19-7-2-1-3-8-19/h1-12,15-16H,13-14,17-18H2,(H,26,28). The van der Waals surface area contributed by atoms with Gasteiger partial charge >= 0.3 is 0 Å². The Labute approximate surface area is 164 Å². The van der Waals surface area contributed by atoms with Gasteiger partial charge in [-0.3, -0.25) is 4.79 Å². The van der Waals surface area contributed by atoms with Gasteiger partial charge in [0.25, 0.3) is 0 Å². The Kier molecular flexibility index (Phi) is 5.48. The van der Waals surface area contributed by atoms with E-state index in [0.29, 0.717) is 19.4 Å². The third-order valence-electron chi connectivity index (χ3n) is 4.90. The summed E-state index contributed by atoms with van der Waals surface area (Å²) in [5, 5.41) is 5.33. The van der Waals surface area contributed by atoms with Crippen LogP contribution in [0.1, 0.15) is 17.0 Å². The molecule has 1 N–H and O–H groups in total. The highest BCUT2D eigenvalue weighted by atomic mass is 16.1. The van der Waals surface area contributed by atoms with Crippen LogP contribution in [0.25, 0.3) is 10.8 Å². The number of fused-ring (bicyclic) bond motifs is 1. The molecule has 1 heterocycles. The third-order valence-corrected chi connectivity index (χ3v) is 4.90. The molecule has 0 saturated heterocycles. The van der Waals surface area contributed by atoms with Crippen LogP contribution in [0.5, 0.6) is 0 Å². The zero-order valence-electron chi connectivity index (χ0n) is 15.7. The Morgan fingerprint density at radius 3 is 2.61 bits per heavy atom. The first-order chi connectivity index (χ1) is 13.8. The maximum atomic E-state index is 12.4. The van der Waals surface area contributed by atoms with Crippen LogP contribution in [0, 0.1) is 0 Å². The minimum absolute atomic E-state index is 0.0394. The van der Waals surface area contributed by atoms with Crippen LogP contribution < -0.4 is 5.32 Å². The number of hydrogen-bond acceptors (Lipinski definition) is 2. The van der Waals surface area contributed by atoms with E-state index in [1.54, 1.807) is 0 Å². The maximum Gasteiger partial charge on any atom is 0.224 e. The quantitative estimate of drug-likeness (QED) is 0.535. The predicted octanol–water partition coefficient (Wildman–Crippen LogP) is 3.99. The molecule has 1 amide bonds. The molecule has 0 saturated carbocycles. The van der Waals surface area contributed by atoms with Crippen molar-refractivity contribution in [1.29, 1.82) is 0 Å². The highest BCUT2D eigenvalue weighted by Gasteiger charge is 2.08. The van der Waals surface area contributed by atoms with E-state index in [-0.39, 0.29) is 5.91 Å². The van der Waals surface area contributed by atoms with E-state index >= 15 is 0 Å². The molecule has 4 rings (SSSR count). The number of amides is 1. The summed E-state index contributed by atoms with van der Waals surface area (Å²) in [5.41, 5.74) is 2.29. The van der Waals surface area contributed by atoms with E-state index < -0.39 is 0 Å².